The van der Waals surface area contributed by atoms with Crippen LogP contribution in [0, 0.1) is 0 Å². The molecule has 0 aliphatic rings. The summed E-state index contributed by atoms with van der Waals surface area (Å²) in [6.07, 6.45) is -2.08. The number of hydrogen-bond donors (Lipinski definition) is 2. The Kier molecular flexibility index (Phi) is 5.84. The summed E-state index contributed by atoms with van der Waals surface area (Å²) in [4.78, 5) is 21.9. The second-order valence-corrected chi connectivity index (χ2v) is 4.15. The van der Waals surface area contributed by atoms with Gasteiger partial charge in [-0.3, -0.25) is 4.79 Å². The molecule has 0 fully saturated rings. The fourth-order valence-electron chi connectivity index (χ4n) is 1.53. The lowest BCUT2D eigenvalue weighted by Crippen LogP contribution is -2.13. The molecule has 0 bridgehead atoms. The predicted octanol–water partition coefficient (Wildman–Crippen LogP) is 1.76. The van der Waals surface area contributed by atoms with Crippen LogP contribution in [0.4, 0.5) is 8.78 Å². The van der Waals surface area contributed by atoms with Crippen LogP contribution in [-0.4, -0.2) is 34.5 Å². The zero-order valence-electron chi connectivity index (χ0n) is 10.1. The highest BCUT2D eigenvalue weighted by Crippen LogP contribution is 2.24. The van der Waals surface area contributed by atoms with Crippen LogP contribution in [0.1, 0.15) is 17.2 Å². The van der Waals surface area contributed by atoms with E-state index in [-0.39, 0.29) is 35.0 Å². The van der Waals surface area contributed by atoms with Gasteiger partial charge in [-0.1, -0.05) is 6.07 Å². The Morgan fingerprint density at radius 2 is 1.95 bits per heavy atom. The molecule has 5 nitrogen and oxygen atoms in total. The number of ketones is 1. The first-order chi connectivity index (χ1) is 9.33. The summed E-state index contributed by atoms with van der Waals surface area (Å²) in [6, 6.07) is 3.36. The van der Waals surface area contributed by atoms with Crippen molar-refractivity contribution < 1.29 is 33.3 Å². The van der Waals surface area contributed by atoms with E-state index in [1.54, 1.807) is 0 Å². The number of aliphatic carboxylic acids is 1. The van der Waals surface area contributed by atoms with Crippen molar-refractivity contribution >= 4 is 23.4 Å². The van der Waals surface area contributed by atoms with Gasteiger partial charge in [0.25, 0.3) is 0 Å². The number of ether oxygens (including phenoxy) is 1. The minimum absolute atomic E-state index is 0.159. The van der Waals surface area contributed by atoms with Crippen LogP contribution in [0.5, 0.6) is 5.75 Å². The fourth-order valence-corrected chi connectivity index (χ4v) is 1.63. The Morgan fingerprint density at radius 3 is 2.45 bits per heavy atom. The van der Waals surface area contributed by atoms with E-state index in [9.17, 15) is 23.5 Å². The molecule has 0 saturated heterocycles. The van der Waals surface area contributed by atoms with Crippen molar-refractivity contribution in [1.82, 2.24) is 0 Å². The topological polar surface area (TPSA) is 83.8 Å². The van der Waals surface area contributed by atoms with Gasteiger partial charge >= 0.3 is 12.6 Å². The molecule has 1 unspecified atom stereocenters. The number of hydrogen-bond acceptors (Lipinski definition) is 4. The highest BCUT2D eigenvalue weighted by molar-refractivity contribution is 6.27. The Hall–Kier alpha value is -1.73. The molecule has 0 aromatic heterocycles. The van der Waals surface area contributed by atoms with Gasteiger partial charge in [-0.15, -0.1) is 11.6 Å². The second kappa shape index (κ2) is 7.16. The number of aliphatic hydroxyl groups is 1. The molecule has 1 rings (SSSR count). The third kappa shape index (κ3) is 4.75. The van der Waals surface area contributed by atoms with Crippen molar-refractivity contribution in [2.75, 3.05) is 5.88 Å². The molecule has 1 atom stereocenters. The quantitative estimate of drug-likeness (QED) is 0.750. The van der Waals surface area contributed by atoms with Crippen molar-refractivity contribution in [3.8, 4) is 5.75 Å². The highest BCUT2D eigenvalue weighted by Gasteiger charge is 2.19. The monoisotopic (exact) mass is 308 g/mol. The minimum Gasteiger partial charge on any atom is -0.479 e. The number of carboxylic acids is 1. The van der Waals surface area contributed by atoms with E-state index < -0.39 is 18.7 Å². The van der Waals surface area contributed by atoms with Gasteiger partial charge in [-0.25, -0.2) is 4.79 Å². The summed E-state index contributed by atoms with van der Waals surface area (Å²) in [5, 5.41) is 18.1. The van der Waals surface area contributed by atoms with Gasteiger partial charge in [0.1, 0.15) is 5.75 Å². The molecule has 0 saturated carbocycles. The molecule has 0 amide bonds. The molecule has 20 heavy (non-hydrogen) atoms. The summed E-state index contributed by atoms with van der Waals surface area (Å²) in [7, 11) is 0. The first kappa shape index (κ1) is 16.3. The standard InChI is InChI=1S/C12H11ClF2O5/c13-5-8(16)2-6-1-7(10(17)11(18)19)4-9(3-6)20-12(14)15/h1,3-4,10,12,17H,2,5H2,(H,18,19). The number of Topliss-reactive ketones (excluding diaryl/α,β-unsaturated/α-hetero) is 1. The van der Waals surface area contributed by atoms with Gasteiger partial charge in [0.15, 0.2) is 11.9 Å². The number of benzene rings is 1. The van der Waals surface area contributed by atoms with Crippen molar-refractivity contribution in [1.29, 1.82) is 0 Å². The summed E-state index contributed by atoms with van der Waals surface area (Å²) in [6.45, 7) is -3.11. The maximum atomic E-state index is 12.2. The van der Waals surface area contributed by atoms with Gasteiger partial charge in [-0.2, -0.15) is 8.78 Å². The number of carbonyl (C=O) groups is 2. The smallest absolute Gasteiger partial charge is 0.387 e. The maximum Gasteiger partial charge on any atom is 0.387 e. The van der Waals surface area contributed by atoms with Crippen LogP contribution in [0.3, 0.4) is 0 Å². The van der Waals surface area contributed by atoms with E-state index in [4.69, 9.17) is 16.7 Å². The fraction of sp³-hybridized carbons (Fsp3) is 0.333. The average molecular weight is 309 g/mol. The highest BCUT2D eigenvalue weighted by atomic mass is 35.5. The van der Waals surface area contributed by atoms with Crippen LogP contribution in [0.25, 0.3) is 0 Å². The lowest BCUT2D eigenvalue weighted by atomic mass is 10.0. The summed E-state index contributed by atoms with van der Waals surface area (Å²) in [5.41, 5.74) is 0.0668. The van der Waals surface area contributed by atoms with Crippen LogP contribution < -0.4 is 4.74 Å². The molecule has 0 heterocycles. The summed E-state index contributed by atoms with van der Waals surface area (Å²) < 4.78 is 28.5. The Balaban J connectivity index is 3.13. The summed E-state index contributed by atoms with van der Waals surface area (Å²) in [5.74, 6) is -2.53. The van der Waals surface area contributed by atoms with E-state index in [2.05, 4.69) is 4.74 Å². The zero-order valence-corrected chi connectivity index (χ0v) is 10.8. The van der Waals surface area contributed by atoms with Gasteiger partial charge in [0.05, 0.1) is 5.88 Å². The third-order valence-corrected chi connectivity index (χ3v) is 2.61. The number of halogens is 3. The Morgan fingerprint density at radius 1 is 1.30 bits per heavy atom. The molecule has 1 aromatic rings. The lowest BCUT2D eigenvalue weighted by molar-refractivity contribution is -0.146. The molecule has 0 spiro atoms. The molecule has 110 valence electrons. The van der Waals surface area contributed by atoms with E-state index in [1.807, 2.05) is 0 Å². The van der Waals surface area contributed by atoms with Gasteiger partial charge in [0, 0.05) is 6.42 Å². The van der Waals surface area contributed by atoms with E-state index in [0.29, 0.717) is 0 Å². The predicted molar refractivity (Wildman–Crippen MR) is 65.1 cm³/mol. The number of rotatable bonds is 7. The molecule has 8 heteroatoms. The van der Waals surface area contributed by atoms with E-state index in [1.165, 1.54) is 6.07 Å². The SMILES string of the molecule is O=C(CCl)Cc1cc(OC(F)F)cc(C(O)C(=O)O)c1. The van der Waals surface area contributed by atoms with Crippen molar-refractivity contribution in [3.63, 3.8) is 0 Å². The molecule has 0 radical (unpaired) electrons. The van der Waals surface area contributed by atoms with Gasteiger partial charge < -0.3 is 14.9 Å². The second-order valence-electron chi connectivity index (χ2n) is 3.88. The molecule has 0 aliphatic carbocycles. The van der Waals surface area contributed by atoms with Gasteiger partial charge in [-0.05, 0) is 23.3 Å². The van der Waals surface area contributed by atoms with Crippen LogP contribution in [0.2, 0.25) is 0 Å². The molecular formula is C12H11ClF2O5. The van der Waals surface area contributed by atoms with Crippen molar-refractivity contribution in [3.05, 3.63) is 29.3 Å². The largest absolute Gasteiger partial charge is 0.479 e. The third-order valence-electron chi connectivity index (χ3n) is 2.31. The number of aliphatic hydroxyl groups excluding tert-OH is 1. The van der Waals surface area contributed by atoms with Crippen molar-refractivity contribution in [2.45, 2.75) is 19.1 Å². The summed E-state index contributed by atoms with van der Waals surface area (Å²) >= 11 is 5.33. The number of carbonyl (C=O) groups excluding carboxylic acids is 1. The first-order valence-electron chi connectivity index (χ1n) is 5.40. The first-order valence-corrected chi connectivity index (χ1v) is 5.94. The number of alkyl halides is 3. The van der Waals surface area contributed by atoms with E-state index in [0.717, 1.165) is 12.1 Å². The van der Waals surface area contributed by atoms with Crippen LogP contribution in [0.15, 0.2) is 18.2 Å². The van der Waals surface area contributed by atoms with Crippen LogP contribution >= 0.6 is 11.6 Å². The van der Waals surface area contributed by atoms with E-state index >= 15 is 0 Å². The normalized spacial score (nSPS) is 12.2. The van der Waals surface area contributed by atoms with Gasteiger partial charge in [0.2, 0.25) is 0 Å². The lowest BCUT2D eigenvalue weighted by Gasteiger charge is -2.12. The molecule has 1 aromatic carbocycles. The average Bonchev–Trinajstić information content (AvgIpc) is 2.36. The Labute approximate surface area is 117 Å². The number of carboxylic acid groups (broad SMARTS) is 1. The Bertz CT molecular complexity index is 507. The molecule has 2 N–H and O–H groups in total. The van der Waals surface area contributed by atoms with Crippen molar-refractivity contribution in [2.24, 2.45) is 0 Å². The minimum atomic E-state index is -3.11. The molecule has 0 aliphatic heterocycles. The van der Waals surface area contributed by atoms with Crippen LogP contribution in [-0.2, 0) is 16.0 Å². The zero-order chi connectivity index (χ0) is 15.3. The maximum absolute atomic E-state index is 12.2. The molecular weight excluding hydrogens is 298 g/mol.